The maximum atomic E-state index is 12.6. The molecular formula is C16H22ClN3O4. The Morgan fingerprint density at radius 3 is 2.71 bits per heavy atom. The predicted octanol–water partition coefficient (Wildman–Crippen LogP) is 1.41. The summed E-state index contributed by atoms with van der Waals surface area (Å²) in [5, 5.41) is 9.06. The van der Waals surface area contributed by atoms with Gasteiger partial charge in [-0.15, -0.1) is 0 Å². The Balaban J connectivity index is 2.21. The second kappa shape index (κ2) is 8.32. The van der Waals surface area contributed by atoms with Crippen molar-refractivity contribution in [2.75, 3.05) is 32.6 Å². The Bertz CT molecular complexity index is 624. The highest BCUT2D eigenvalue weighted by Gasteiger charge is 2.27. The zero-order valence-corrected chi connectivity index (χ0v) is 14.7. The molecule has 1 aliphatic heterocycles. The van der Waals surface area contributed by atoms with E-state index in [0.717, 1.165) is 13.0 Å². The number of benzene rings is 1. The van der Waals surface area contributed by atoms with Gasteiger partial charge in [0.1, 0.15) is 5.75 Å². The lowest BCUT2D eigenvalue weighted by atomic mass is 10.0. The molecule has 0 bridgehead atoms. The Kier molecular flexibility index (Phi) is 6.42. The third-order valence-corrected chi connectivity index (χ3v) is 4.20. The standard InChI is InChI=1S/C16H22ClN3O4/c1-9(21)19-13-7-14(23-2)10(6-11(13)17)16(22)20-12-4-5-18-8-15(12)24-3/h6-7,12,15,18H,4-5,8H2,1-3H3,(H,19,21)(H,20,22)/t12-,15+/m1/s1. The lowest BCUT2D eigenvalue weighted by Gasteiger charge is -2.31. The van der Waals surface area contributed by atoms with Crippen LogP contribution in [0.25, 0.3) is 0 Å². The maximum Gasteiger partial charge on any atom is 0.255 e. The number of nitrogens with one attached hydrogen (secondary N) is 3. The van der Waals surface area contributed by atoms with Crippen LogP contribution in [0, 0.1) is 0 Å². The Labute approximate surface area is 146 Å². The summed E-state index contributed by atoms with van der Waals surface area (Å²) in [6.07, 6.45) is 0.674. The second-order valence-electron chi connectivity index (χ2n) is 5.56. The van der Waals surface area contributed by atoms with Gasteiger partial charge in [-0.2, -0.15) is 0 Å². The predicted molar refractivity (Wildman–Crippen MR) is 91.8 cm³/mol. The third-order valence-electron chi connectivity index (χ3n) is 3.89. The van der Waals surface area contributed by atoms with Gasteiger partial charge < -0.3 is 25.4 Å². The van der Waals surface area contributed by atoms with Crippen LogP contribution < -0.4 is 20.7 Å². The van der Waals surface area contributed by atoms with E-state index in [1.807, 2.05) is 0 Å². The van der Waals surface area contributed by atoms with Crippen molar-refractivity contribution in [2.24, 2.45) is 0 Å². The van der Waals surface area contributed by atoms with Gasteiger partial charge in [-0.3, -0.25) is 9.59 Å². The van der Waals surface area contributed by atoms with Crippen molar-refractivity contribution in [2.45, 2.75) is 25.5 Å². The fourth-order valence-electron chi connectivity index (χ4n) is 2.67. The largest absolute Gasteiger partial charge is 0.496 e. The van der Waals surface area contributed by atoms with Gasteiger partial charge in [0.05, 0.1) is 35.5 Å². The number of halogens is 1. The first-order chi connectivity index (χ1) is 11.5. The van der Waals surface area contributed by atoms with Gasteiger partial charge in [-0.1, -0.05) is 11.6 Å². The number of piperidine rings is 1. The minimum atomic E-state index is -0.294. The van der Waals surface area contributed by atoms with Gasteiger partial charge in [0, 0.05) is 26.6 Å². The van der Waals surface area contributed by atoms with E-state index in [4.69, 9.17) is 21.1 Å². The normalized spacial score (nSPS) is 20.3. The number of amides is 2. The van der Waals surface area contributed by atoms with Crippen molar-refractivity contribution in [3.8, 4) is 5.75 Å². The van der Waals surface area contributed by atoms with Crippen LogP contribution in [0.4, 0.5) is 5.69 Å². The number of carbonyl (C=O) groups is 2. The van der Waals surface area contributed by atoms with Crippen molar-refractivity contribution in [3.05, 3.63) is 22.7 Å². The van der Waals surface area contributed by atoms with Crippen LogP contribution in [0.3, 0.4) is 0 Å². The van der Waals surface area contributed by atoms with Crippen molar-refractivity contribution in [1.29, 1.82) is 0 Å². The summed E-state index contributed by atoms with van der Waals surface area (Å²) in [5.41, 5.74) is 0.708. The molecule has 1 fully saturated rings. The summed E-state index contributed by atoms with van der Waals surface area (Å²) < 4.78 is 10.7. The second-order valence-corrected chi connectivity index (χ2v) is 5.97. The fourth-order valence-corrected chi connectivity index (χ4v) is 2.88. The van der Waals surface area contributed by atoms with Crippen molar-refractivity contribution < 1.29 is 19.1 Å². The Morgan fingerprint density at radius 2 is 2.08 bits per heavy atom. The van der Waals surface area contributed by atoms with Crippen LogP contribution in [-0.4, -0.2) is 51.3 Å². The minimum Gasteiger partial charge on any atom is -0.496 e. The van der Waals surface area contributed by atoms with E-state index >= 15 is 0 Å². The van der Waals surface area contributed by atoms with E-state index < -0.39 is 0 Å². The van der Waals surface area contributed by atoms with Gasteiger partial charge >= 0.3 is 0 Å². The molecule has 0 aromatic heterocycles. The Morgan fingerprint density at radius 1 is 1.33 bits per heavy atom. The van der Waals surface area contributed by atoms with Crippen molar-refractivity contribution in [3.63, 3.8) is 0 Å². The molecule has 1 aliphatic rings. The summed E-state index contributed by atoms with van der Waals surface area (Å²) >= 11 is 6.16. The monoisotopic (exact) mass is 355 g/mol. The van der Waals surface area contributed by atoms with Gasteiger partial charge in [0.25, 0.3) is 5.91 Å². The van der Waals surface area contributed by atoms with Crippen molar-refractivity contribution >= 4 is 29.1 Å². The number of carbonyl (C=O) groups excluding carboxylic acids is 2. The summed E-state index contributed by atoms with van der Waals surface area (Å²) in [6.45, 7) is 2.87. The number of methoxy groups -OCH3 is 2. The SMILES string of the molecule is COc1cc(NC(C)=O)c(Cl)cc1C(=O)N[C@@H]1CCNC[C@@H]1OC. The van der Waals surface area contributed by atoms with Gasteiger partial charge in [-0.25, -0.2) is 0 Å². The molecule has 132 valence electrons. The molecule has 0 radical (unpaired) electrons. The van der Waals surface area contributed by atoms with Crippen LogP contribution in [-0.2, 0) is 9.53 Å². The molecule has 8 heteroatoms. The molecular weight excluding hydrogens is 334 g/mol. The topological polar surface area (TPSA) is 88.7 Å². The third kappa shape index (κ3) is 4.37. The molecule has 0 aliphatic carbocycles. The number of hydrogen-bond donors (Lipinski definition) is 3. The number of anilines is 1. The van der Waals surface area contributed by atoms with E-state index in [1.165, 1.54) is 26.2 Å². The van der Waals surface area contributed by atoms with E-state index in [-0.39, 0.29) is 29.0 Å². The highest BCUT2D eigenvalue weighted by Crippen LogP contribution is 2.31. The molecule has 1 aromatic carbocycles. The molecule has 1 heterocycles. The summed E-state index contributed by atoms with van der Waals surface area (Å²) in [5.74, 6) is -0.213. The number of ether oxygens (including phenoxy) is 2. The quantitative estimate of drug-likeness (QED) is 0.743. The minimum absolute atomic E-state index is 0.0946. The smallest absolute Gasteiger partial charge is 0.255 e. The van der Waals surface area contributed by atoms with Crippen LogP contribution in [0.2, 0.25) is 5.02 Å². The van der Waals surface area contributed by atoms with Gasteiger partial charge in [0.2, 0.25) is 5.91 Å². The Hall–Kier alpha value is -1.83. The van der Waals surface area contributed by atoms with Gasteiger partial charge in [-0.05, 0) is 19.0 Å². The number of hydrogen-bond acceptors (Lipinski definition) is 5. The van der Waals surface area contributed by atoms with E-state index in [0.29, 0.717) is 23.5 Å². The van der Waals surface area contributed by atoms with Crippen LogP contribution >= 0.6 is 11.6 Å². The van der Waals surface area contributed by atoms with Crippen LogP contribution in [0.15, 0.2) is 12.1 Å². The lowest BCUT2D eigenvalue weighted by molar-refractivity contribution is -0.114. The molecule has 1 aromatic rings. The van der Waals surface area contributed by atoms with Crippen LogP contribution in [0.1, 0.15) is 23.7 Å². The van der Waals surface area contributed by atoms with Gasteiger partial charge in [0.15, 0.2) is 0 Å². The molecule has 3 N–H and O–H groups in total. The molecule has 2 rings (SSSR count). The molecule has 0 unspecified atom stereocenters. The highest BCUT2D eigenvalue weighted by molar-refractivity contribution is 6.34. The zero-order valence-electron chi connectivity index (χ0n) is 13.9. The van der Waals surface area contributed by atoms with E-state index in [1.54, 1.807) is 7.11 Å². The average molecular weight is 356 g/mol. The first-order valence-electron chi connectivity index (χ1n) is 7.65. The van der Waals surface area contributed by atoms with E-state index in [2.05, 4.69) is 16.0 Å². The zero-order chi connectivity index (χ0) is 17.7. The average Bonchev–Trinajstić information content (AvgIpc) is 2.56. The first-order valence-corrected chi connectivity index (χ1v) is 8.03. The molecule has 7 nitrogen and oxygen atoms in total. The lowest BCUT2D eigenvalue weighted by Crippen LogP contribution is -2.53. The molecule has 1 saturated heterocycles. The van der Waals surface area contributed by atoms with Crippen molar-refractivity contribution in [1.82, 2.24) is 10.6 Å². The molecule has 24 heavy (non-hydrogen) atoms. The molecule has 2 atom stereocenters. The fraction of sp³-hybridized carbons (Fsp3) is 0.500. The maximum absolute atomic E-state index is 12.6. The van der Waals surface area contributed by atoms with E-state index in [9.17, 15) is 9.59 Å². The molecule has 0 spiro atoms. The number of rotatable bonds is 5. The summed E-state index contributed by atoms with van der Waals surface area (Å²) in [6, 6.07) is 2.93. The summed E-state index contributed by atoms with van der Waals surface area (Å²) in [4.78, 5) is 23.8. The molecule has 2 amide bonds. The first kappa shape index (κ1) is 18.5. The molecule has 0 saturated carbocycles. The van der Waals surface area contributed by atoms with Crippen LogP contribution in [0.5, 0.6) is 5.75 Å². The summed E-state index contributed by atoms with van der Waals surface area (Å²) in [7, 11) is 3.08. The highest BCUT2D eigenvalue weighted by atomic mass is 35.5.